The van der Waals surface area contributed by atoms with Crippen LogP contribution in [-0.4, -0.2) is 30.7 Å². The third kappa shape index (κ3) is 3.60. The number of hydrogen-bond acceptors (Lipinski definition) is 4. The average Bonchev–Trinajstić information content (AvgIpc) is 3.47. The summed E-state index contributed by atoms with van der Waals surface area (Å²) in [7, 11) is 0. The highest BCUT2D eigenvalue weighted by Gasteiger charge is 2.69. The SMILES string of the molecule is Cc1ccc(-c2c3c(nc4ncnn24)C(C)(C)C2CC[C@]4(C)C(CC=C5C6[C@@H](C)[C@H](C)CC[C@]6(C(=O)O)CC[C@]54C)[C@@]2(C)C3)cc1. The summed E-state index contributed by atoms with van der Waals surface area (Å²) in [5, 5.41) is 15.5. The molecule has 0 bridgehead atoms. The average molecular weight is 621 g/mol. The summed E-state index contributed by atoms with van der Waals surface area (Å²) in [6.07, 6.45) is 12.2. The van der Waals surface area contributed by atoms with Gasteiger partial charge in [0.25, 0.3) is 5.78 Å². The van der Waals surface area contributed by atoms with Crippen LogP contribution in [0.4, 0.5) is 0 Å². The maximum absolute atomic E-state index is 13.1. The van der Waals surface area contributed by atoms with Crippen molar-refractivity contribution in [1.29, 1.82) is 0 Å². The van der Waals surface area contributed by atoms with Gasteiger partial charge >= 0.3 is 5.97 Å². The number of allylic oxidation sites excluding steroid dienone is 2. The predicted octanol–water partition coefficient (Wildman–Crippen LogP) is 8.86. The van der Waals surface area contributed by atoms with Crippen LogP contribution in [0.1, 0.15) is 110 Å². The summed E-state index contributed by atoms with van der Waals surface area (Å²) >= 11 is 0. The molecule has 3 saturated carbocycles. The van der Waals surface area contributed by atoms with Crippen LogP contribution < -0.4 is 0 Å². The lowest BCUT2D eigenvalue weighted by Crippen LogP contribution is -2.65. The van der Waals surface area contributed by atoms with E-state index >= 15 is 0 Å². The number of benzene rings is 1. The standard InChI is InChI=1S/C40H52N4O2/c1-23-9-11-26(12-10-23)32-27-21-37(6)29(36(4,5)33(27)43-35-41-22-42-44(32)35)16-17-39(8)30(37)14-13-28-31-25(3)24(2)15-18-40(31,34(45)46)20-19-38(28,39)7/h9-13,22,24-25,29-31H,14-21H2,1-8H3,(H,45,46)/t24-,25+,29?,30?,31?,37+,38-,39-,40+/m1/s1. The molecule has 6 nitrogen and oxygen atoms in total. The summed E-state index contributed by atoms with van der Waals surface area (Å²) < 4.78 is 1.98. The molecule has 1 N–H and O–H groups in total. The molecule has 0 aliphatic heterocycles. The highest BCUT2D eigenvalue weighted by Crippen LogP contribution is 2.75. The zero-order valence-electron chi connectivity index (χ0n) is 29.2. The maximum Gasteiger partial charge on any atom is 0.310 e. The van der Waals surface area contributed by atoms with Gasteiger partial charge in [-0.1, -0.05) is 89.9 Å². The van der Waals surface area contributed by atoms with Crippen LogP contribution >= 0.6 is 0 Å². The molecule has 46 heavy (non-hydrogen) atoms. The quantitative estimate of drug-likeness (QED) is 0.290. The van der Waals surface area contributed by atoms with Crippen LogP contribution in [0.15, 0.2) is 42.2 Å². The van der Waals surface area contributed by atoms with Gasteiger partial charge in [0.1, 0.15) is 6.33 Å². The van der Waals surface area contributed by atoms with Gasteiger partial charge in [-0.25, -0.2) is 4.98 Å². The molecule has 244 valence electrons. The first-order valence-electron chi connectivity index (χ1n) is 17.9. The number of carboxylic acids is 1. The summed E-state index contributed by atoms with van der Waals surface area (Å²) in [6, 6.07) is 8.86. The number of fused-ring (bicyclic) bond motifs is 9. The Labute approximate surface area is 274 Å². The number of nitrogens with zero attached hydrogens (tertiary/aromatic N) is 4. The summed E-state index contributed by atoms with van der Waals surface area (Å²) in [5.41, 5.74) is 7.00. The molecule has 5 aliphatic rings. The number of carboxylic acid groups (broad SMARTS) is 1. The molecule has 3 fully saturated rings. The molecule has 8 rings (SSSR count). The highest BCUT2D eigenvalue weighted by atomic mass is 16.4. The topological polar surface area (TPSA) is 80.4 Å². The zero-order chi connectivity index (χ0) is 32.6. The van der Waals surface area contributed by atoms with Crippen LogP contribution in [0.3, 0.4) is 0 Å². The third-order valence-corrected chi connectivity index (χ3v) is 15.6. The number of carbonyl (C=O) groups is 1. The van der Waals surface area contributed by atoms with Gasteiger partial charge in [-0.3, -0.25) is 4.79 Å². The van der Waals surface area contributed by atoms with Crippen LogP contribution in [0.25, 0.3) is 17.0 Å². The van der Waals surface area contributed by atoms with E-state index in [0.717, 1.165) is 44.2 Å². The van der Waals surface area contributed by atoms with Gasteiger partial charge in [-0.2, -0.15) is 14.6 Å². The summed E-state index contributed by atoms with van der Waals surface area (Å²) in [6.45, 7) is 19.5. The molecule has 9 atom stereocenters. The molecule has 2 aromatic heterocycles. The van der Waals surface area contributed by atoms with E-state index in [4.69, 9.17) is 10.1 Å². The Morgan fingerprint density at radius 1 is 0.957 bits per heavy atom. The number of rotatable bonds is 2. The smallest absolute Gasteiger partial charge is 0.310 e. The van der Waals surface area contributed by atoms with Gasteiger partial charge in [-0.05, 0) is 104 Å². The number of aliphatic carboxylic acids is 1. The number of aromatic nitrogens is 4. The third-order valence-electron chi connectivity index (χ3n) is 15.6. The van der Waals surface area contributed by atoms with E-state index in [1.54, 1.807) is 6.33 Å². The molecule has 0 spiro atoms. The first-order chi connectivity index (χ1) is 21.7. The fraction of sp³-hybridized carbons (Fsp3) is 0.650. The minimum atomic E-state index is -0.606. The van der Waals surface area contributed by atoms with Gasteiger partial charge in [0.2, 0.25) is 0 Å². The molecule has 0 saturated heterocycles. The number of aryl methyl sites for hydroxylation is 1. The van der Waals surface area contributed by atoms with Crippen molar-refractivity contribution in [2.45, 2.75) is 112 Å². The van der Waals surface area contributed by atoms with Gasteiger partial charge in [0, 0.05) is 16.5 Å². The van der Waals surface area contributed by atoms with E-state index in [0.29, 0.717) is 29.4 Å². The zero-order valence-corrected chi connectivity index (χ0v) is 29.2. The van der Waals surface area contributed by atoms with Gasteiger partial charge in [0.15, 0.2) is 0 Å². The Morgan fingerprint density at radius 3 is 2.41 bits per heavy atom. The van der Waals surface area contributed by atoms with Crippen molar-refractivity contribution < 1.29 is 9.90 Å². The molecular formula is C40H52N4O2. The Bertz CT molecular complexity index is 1790. The van der Waals surface area contributed by atoms with Crippen LogP contribution in [-0.2, 0) is 16.6 Å². The van der Waals surface area contributed by atoms with Crippen molar-refractivity contribution in [3.8, 4) is 11.3 Å². The lowest BCUT2D eigenvalue weighted by atomic mass is 9.33. The van der Waals surface area contributed by atoms with E-state index in [1.807, 2.05) is 4.52 Å². The normalized spacial score (nSPS) is 41.0. The van der Waals surface area contributed by atoms with Crippen LogP contribution in [0, 0.1) is 58.2 Å². The van der Waals surface area contributed by atoms with E-state index < -0.39 is 11.4 Å². The van der Waals surface area contributed by atoms with Gasteiger partial charge < -0.3 is 5.11 Å². The van der Waals surface area contributed by atoms with Crippen LogP contribution in [0.2, 0.25) is 0 Å². The van der Waals surface area contributed by atoms with Crippen molar-refractivity contribution in [3.63, 3.8) is 0 Å². The fourth-order valence-corrected chi connectivity index (χ4v) is 12.8. The molecule has 0 radical (unpaired) electrons. The Hall–Kier alpha value is -3.02. The van der Waals surface area contributed by atoms with Crippen molar-refractivity contribution in [1.82, 2.24) is 19.6 Å². The monoisotopic (exact) mass is 620 g/mol. The van der Waals surface area contributed by atoms with Gasteiger partial charge in [0.05, 0.1) is 16.8 Å². The van der Waals surface area contributed by atoms with Crippen molar-refractivity contribution in [2.24, 2.45) is 51.2 Å². The molecule has 2 heterocycles. The van der Waals surface area contributed by atoms with E-state index in [9.17, 15) is 9.90 Å². The van der Waals surface area contributed by atoms with E-state index in [2.05, 4.69) is 90.7 Å². The molecule has 0 amide bonds. The fourth-order valence-electron chi connectivity index (χ4n) is 12.8. The predicted molar refractivity (Wildman–Crippen MR) is 181 cm³/mol. The summed E-state index contributed by atoms with van der Waals surface area (Å²) in [4.78, 5) is 23.0. The molecule has 5 aliphatic carbocycles. The Kier molecular flexibility index (Phi) is 6.29. The first kappa shape index (κ1) is 30.3. The van der Waals surface area contributed by atoms with Crippen molar-refractivity contribution in [3.05, 3.63) is 59.1 Å². The first-order valence-corrected chi connectivity index (χ1v) is 17.9. The minimum Gasteiger partial charge on any atom is -0.481 e. The Balaban J connectivity index is 1.30. The highest BCUT2D eigenvalue weighted by molar-refractivity contribution is 5.77. The summed E-state index contributed by atoms with van der Waals surface area (Å²) in [5.74, 6) is 2.19. The van der Waals surface area contributed by atoms with E-state index in [-0.39, 0.29) is 27.6 Å². The largest absolute Gasteiger partial charge is 0.481 e. The molecule has 1 aromatic carbocycles. The molecular weight excluding hydrogens is 568 g/mol. The van der Waals surface area contributed by atoms with E-state index in [1.165, 1.54) is 40.8 Å². The van der Waals surface area contributed by atoms with Crippen molar-refractivity contribution in [2.75, 3.05) is 0 Å². The molecule has 6 heteroatoms. The minimum absolute atomic E-state index is 0.00283. The molecule has 3 aromatic rings. The lowest BCUT2D eigenvalue weighted by Gasteiger charge is -2.70. The maximum atomic E-state index is 13.1. The van der Waals surface area contributed by atoms with Crippen molar-refractivity contribution >= 4 is 11.7 Å². The van der Waals surface area contributed by atoms with Crippen LogP contribution in [0.5, 0.6) is 0 Å². The second-order valence-corrected chi connectivity index (χ2v) is 17.6. The lowest BCUT2D eigenvalue weighted by molar-refractivity contribution is -0.179. The second-order valence-electron chi connectivity index (χ2n) is 17.6. The second kappa shape index (κ2) is 9.54. The molecule has 3 unspecified atom stereocenters. The van der Waals surface area contributed by atoms with Gasteiger partial charge in [-0.15, -0.1) is 0 Å². The Morgan fingerprint density at radius 2 is 1.70 bits per heavy atom. The number of hydrogen-bond donors (Lipinski definition) is 1.